The van der Waals surface area contributed by atoms with Crippen LogP contribution >= 0.6 is 11.6 Å². The third-order valence-electron chi connectivity index (χ3n) is 5.40. The Hall–Kier alpha value is -1.79. The van der Waals surface area contributed by atoms with Gasteiger partial charge in [-0.2, -0.15) is 0 Å². The number of hydrogen-bond donors (Lipinski definition) is 1. The number of nitrogens with zero attached hydrogens (tertiary/aromatic N) is 1. The van der Waals surface area contributed by atoms with Crippen molar-refractivity contribution in [3.63, 3.8) is 0 Å². The molecule has 158 valence electrons. The van der Waals surface area contributed by atoms with Crippen molar-refractivity contribution in [2.45, 2.75) is 25.4 Å². The van der Waals surface area contributed by atoms with Crippen molar-refractivity contribution in [3.05, 3.63) is 58.6 Å². The van der Waals surface area contributed by atoms with Gasteiger partial charge in [0.2, 0.25) is 0 Å². The van der Waals surface area contributed by atoms with E-state index < -0.39 is 0 Å². The second kappa shape index (κ2) is 10.3. The van der Waals surface area contributed by atoms with Crippen molar-refractivity contribution in [1.29, 1.82) is 0 Å². The Bertz CT molecular complexity index is 819. The third kappa shape index (κ3) is 6.09. The van der Waals surface area contributed by atoms with Crippen molar-refractivity contribution in [3.8, 4) is 5.75 Å². The van der Waals surface area contributed by atoms with Crippen LogP contribution in [0.3, 0.4) is 0 Å². The molecule has 2 aromatic rings. The minimum absolute atomic E-state index is 0. The highest BCUT2D eigenvalue weighted by molar-refractivity contribution is 6.32. The molecule has 0 radical (unpaired) electrons. The summed E-state index contributed by atoms with van der Waals surface area (Å²) in [6.07, 6.45) is 2.21. The number of ether oxygens (including phenoxy) is 2. The highest BCUT2D eigenvalue weighted by atomic mass is 35.5. The Kier molecular flexibility index (Phi) is 8.34. The Morgan fingerprint density at radius 1 is 1.17 bits per heavy atom. The fraction of sp³-hybridized carbons (Fsp3) is 0.409. The van der Waals surface area contributed by atoms with Crippen molar-refractivity contribution >= 4 is 23.2 Å². The van der Waals surface area contributed by atoms with Crippen LogP contribution < -0.4 is 22.5 Å². The molecule has 0 bridgehead atoms. The molecule has 0 spiro atoms. The third-order valence-corrected chi connectivity index (χ3v) is 5.69. The van der Waals surface area contributed by atoms with Crippen LogP contribution in [-0.4, -0.2) is 50.9 Å². The number of methoxy groups -OCH3 is 1. The quantitative estimate of drug-likeness (QED) is 0.692. The standard InChI is InChI=1S/C22H27ClN2O3.ClH/c1-25(2,19-10-12-28-13-11-19)15-16-4-7-18(8-5-16)24-22(26)17-6-9-21(27-3)20(23)14-17;/h4-9,14,19H,10-13,15H2,1-3H3;1H. The largest absolute Gasteiger partial charge is 1.00 e. The van der Waals surface area contributed by atoms with Gasteiger partial charge >= 0.3 is 0 Å². The van der Waals surface area contributed by atoms with E-state index in [2.05, 4.69) is 31.5 Å². The molecule has 1 heterocycles. The molecule has 0 aromatic heterocycles. The van der Waals surface area contributed by atoms with Crippen molar-refractivity contribution in [1.82, 2.24) is 0 Å². The molecular weight excluding hydrogens is 411 g/mol. The lowest BCUT2D eigenvalue weighted by Crippen LogP contribution is -3.00. The summed E-state index contributed by atoms with van der Waals surface area (Å²) >= 11 is 6.11. The molecule has 3 rings (SSSR count). The summed E-state index contributed by atoms with van der Waals surface area (Å²) < 4.78 is 11.6. The van der Waals surface area contributed by atoms with Crippen molar-refractivity contribution in [2.24, 2.45) is 0 Å². The zero-order valence-corrected chi connectivity index (χ0v) is 18.6. The average molecular weight is 439 g/mol. The molecule has 29 heavy (non-hydrogen) atoms. The predicted octanol–water partition coefficient (Wildman–Crippen LogP) is 1.36. The number of quaternary nitrogens is 1. The van der Waals surface area contributed by atoms with Gasteiger partial charge in [-0.05, 0) is 30.3 Å². The maximum Gasteiger partial charge on any atom is 0.255 e. The first-order chi connectivity index (χ1) is 13.4. The number of carbonyl (C=O) groups is 1. The van der Waals surface area contributed by atoms with Gasteiger partial charge in [0.1, 0.15) is 12.3 Å². The normalized spacial score (nSPS) is 14.8. The highest BCUT2D eigenvalue weighted by Crippen LogP contribution is 2.26. The van der Waals surface area contributed by atoms with Gasteiger partial charge < -0.3 is 31.7 Å². The minimum Gasteiger partial charge on any atom is -1.00 e. The van der Waals surface area contributed by atoms with Crippen LogP contribution in [0, 0.1) is 0 Å². The second-order valence-corrected chi connectivity index (χ2v) is 8.19. The maximum absolute atomic E-state index is 12.5. The molecule has 1 saturated heterocycles. The zero-order valence-electron chi connectivity index (χ0n) is 17.1. The van der Waals surface area contributed by atoms with Crippen molar-refractivity contribution < 1.29 is 31.2 Å². The van der Waals surface area contributed by atoms with E-state index in [9.17, 15) is 4.79 Å². The zero-order chi connectivity index (χ0) is 20.1. The van der Waals surface area contributed by atoms with E-state index in [0.717, 1.165) is 42.8 Å². The smallest absolute Gasteiger partial charge is 0.255 e. The maximum atomic E-state index is 12.5. The number of anilines is 1. The summed E-state index contributed by atoms with van der Waals surface area (Å²) in [4.78, 5) is 12.5. The van der Waals surface area contributed by atoms with E-state index in [0.29, 0.717) is 22.4 Å². The lowest BCUT2D eigenvalue weighted by Gasteiger charge is -2.40. The fourth-order valence-electron chi connectivity index (χ4n) is 3.69. The summed E-state index contributed by atoms with van der Waals surface area (Å²) in [6.45, 7) is 2.66. The number of halogens is 2. The number of rotatable bonds is 6. The van der Waals surface area contributed by atoms with Crippen LogP contribution in [0.4, 0.5) is 5.69 Å². The van der Waals surface area contributed by atoms with E-state index in [-0.39, 0.29) is 18.3 Å². The lowest BCUT2D eigenvalue weighted by molar-refractivity contribution is -0.929. The molecule has 2 aromatic carbocycles. The molecule has 1 fully saturated rings. The summed E-state index contributed by atoms with van der Waals surface area (Å²) in [7, 11) is 6.10. The molecule has 0 saturated carbocycles. The van der Waals surface area contributed by atoms with Gasteiger partial charge in [-0.15, -0.1) is 0 Å². The Balaban J connectivity index is 0.00000300. The predicted molar refractivity (Wildman–Crippen MR) is 112 cm³/mol. The van der Waals surface area contributed by atoms with E-state index in [1.165, 1.54) is 5.56 Å². The first-order valence-corrected chi connectivity index (χ1v) is 9.91. The average Bonchev–Trinajstić information content (AvgIpc) is 2.70. The van der Waals surface area contributed by atoms with Crippen LogP contribution in [0.5, 0.6) is 5.75 Å². The molecule has 1 aliphatic heterocycles. The van der Waals surface area contributed by atoms with E-state index in [1.54, 1.807) is 25.3 Å². The van der Waals surface area contributed by atoms with Crippen LogP contribution in [0.15, 0.2) is 42.5 Å². The molecule has 7 heteroatoms. The number of benzene rings is 2. The van der Waals surface area contributed by atoms with Crippen molar-refractivity contribution in [2.75, 3.05) is 39.7 Å². The first-order valence-electron chi connectivity index (χ1n) is 9.53. The van der Waals surface area contributed by atoms with Crippen LogP contribution in [0.25, 0.3) is 0 Å². The minimum atomic E-state index is -0.199. The van der Waals surface area contributed by atoms with Gasteiger partial charge in [0.05, 0.1) is 45.5 Å². The van der Waals surface area contributed by atoms with Crippen LogP contribution in [0.2, 0.25) is 5.02 Å². The second-order valence-electron chi connectivity index (χ2n) is 7.78. The molecule has 0 atom stereocenters. The molecule has 1 N–H and O–H groups in total. The van der Waals surface area contributed by atoms with E-state index >= 15 is 0 Å². The Morgan fingerprint density at radius 2 is 1.83 bits per heavy atom. The number of carbonyl (C=O) groups excluding carboxylic acids is 1. The first kappa shape index (κ1) is 23.5. The SMILES string of the molecule is COc1ccc(C(=O)Nc2ccc(C[N+](C)(C)C3CCOCC3)cc2)cc1Cl.[Cl-]. The number of nitrogens with one attached hydrogen (secondary N) is 1. The monoisotopic (exact) mass is 438 g/mol. The molecule has 0 aliphatic carbocycles. The molecule has 1 amide bonds. The lowest BCUT2D eigenvalue weighted by atomic mass is 10.0. The molecule has 0 unspecified atom stereocenters. The van der Waals surface area contributed by atoms with Gasteiger partial charge in [0, 0.05) is 29.7 Å². The van der Waals surface area contributed by atoms with Gasteiger partial charge in [0.25, 0.3) is 5.91 Å². The molecule has 1 aliphatic rings. The Morgan fingerprint density at radius 3 is 2.41 bits per heavy atom. The van der Waals surface area contributed by atoms with Crippen LogP contribution in [-0.2, 0) is 11.3 Å². The van der Waals surface area contributed by atoms with E-state index in [4.69, 9.17) is 21.1 Å². The summed E-state index contributed by atoms with van der Waals surface area (Å²) in [5.74, 6) is 0.350. The van der Waals surface area contributed by atoms with Gasteiger partial charge in [-0.25, -0.2) is 0 Å². The summed E-state index contributed by atoms with van der Waals surface area (Å²) in [5.41, 5.74) is 2.51. The number of hydrogen-bond acceptors (Lipinski definition) is 3. The van der Waals surface area contributed by atoms with E-state index in [1.807, 2.05) is 12.1 Å². The summed E-state index contributed by atoms with van der Waals surface area (Å²) in [5, 5.41) is 3.33. The fourth-order valence-corrected chi connectivity index (χ4v) is 3.95. The van der Waals surface area contributed by atoms with Gasteiger partial charge in [0.15, 0.2) is 0 Å². The number of amides is 1. The molecule has 5 nitrogen and oxygen atoms in total. The van der Waals surface area contributed by atoms with Gasteiger partial charge in [-0.1, -0.05) is 23.7 Å². The highest BCUT2D eigenvalue weighted by Gasteiger charge is 2.30. The summed E-state index contributed by atoms with van der Waals surface area (Å²) in [6, 6.07) is 13.7. The van der Waals surface area contributed by atoms with Gasteiger partial charge in [-0.3, -0.25) is 4.79 Å². The molecular formula is C22H28Cl2N2O3. The topological polar surface area (TPSA) is 47.6 Å². The Labute approximate surface area is 183 Å². The van der Waals surface area contributed by atoms with Crippen LogP contribution in [0.1, 0.15) is 28.8 Å².